The Balaban J connectivity index is 0.00000169. The normalized spacial score (nSPS) is 16.0. The van der Waals surface area contributed by atoms with E-state index in [0.717, 1.165) is 6.54 Å². The van der Waals surface area contributed by atoms with Crippen molar-refractivity contribution in [3.05, 3.63) is 89.2 Å². The predicted molar refractivity (Wildman–Crippen MR) is 102 cm³/mol. The molecular weight excluding hydrogens is 316 g/mol. The topological polar surface area (TPSA) is 17.0 Å². The molecule has 3 heteroatoms. The first-order valence-corrected chi connectivity index (χ1v) is 8.33. The second kappa shape index (κ2) is 6.84. The number of nitrogens with zero attached hydrogens (tertiary/aromatic N) is 1. The number of hydrogen-bond donors (Lipinski definition) is 1. The Hall–Kier alpha value is -2.03. The molecule has 0 aliphatic carbocycles. The molecule has 2 aromatic carbocycles. The first-order chi connectivity index (χ1) is 11.2. The number of aromatic nitrogens is 1. The maximum Gasteiger partial charge on any atom is 0.0737 e. The summed E-state index contributed by atoms with van der Waals surface area (Å²) >= 11 is 0. The van der Waals surface area contributed by atoms with Crippen LogP contribution in [0.15, 0.2) is 66.9 Å². The van der Waals surface area contributed by atoms with Crippen LogP contribution in [0.5, 0.6) is 0 Å². The third-order valence-corrected chi connectivity index (χ3v) is 4.76. The standard InChI is InChI=1S/C21H22N2.ClH/c1-15(2)16-9-11-17(12-10-16)21-20-8-5-13-23(20)19-7-4-3-6-18(19)14-22-21;/h3-13,15,21-22H,14H2,1-2H3;1H. The first-order valence-electron chi connectivity index (χ1n) is 8.33. The van der Waals surface area contributed by atoms with Gasteiger partial charge in [0, 0.05) is 24.1 Å². The van der Waals surface area contributed by atoms with E-state index in [1.54, 1.807) is 0 Å². The Morgan fingerprint density at radius 3 is 2.46 bits per heavy atom. The summed E-state index contributed by atoms with van der Waals surface area (Å²) in [5, 5.41) is 3.72. The van der Waals surface area contributed by atoms with Gasteiger partial charge in [-0.1, -0.05) is 56.3 Å². The summed E-state index contributed by atoms with van der Waals surface area (Å²) in [7, 11) is 0. The van der Waals surface area contributed by atoms with E-state index in [2.05, 4.69) is 90.6 Å². The Morgan fingerprint density at radius 1 is 0.958 bits per heavy atom. The van der Waals surface area contributed by atoms with E-state index >= 15 is 0 Å². The molecular formula is C21H23ClN2. The van der Waals surface area contributed by atoms with E-state index in [-0.39, 0.29) is 18.4 Å². The molecule has 2 heterocycles. The summed E-state index contributed by atoms with van der Waals surface area (Å²) in [6.45, 7) is 5.36. The molecule has 0 saturated heterocycles. The van der Waals surface area contributed by atoms with E-state index in [1.807, 2.05) is 0 Å². The molecule has 1 aliphatic rings. The zero-order chi connectivity index (χ0) is 15.8. The maximum atomic E-state index is 3.72. The summed E-state index contributed by atoms with van der Waals surface area (Å²) in [6, 6.07) is 22.2. The van der Waals surface area contributed by atoms with Gasteiger partial charge in [0.1, 0.15) is 0 Å². The average molecular weight is 339 g/mol. The summed E-state index contributed by atoms with van der Waals surface area (Å²) in [5.74, 6) is 0.569. The number of fused-ring (bicyclic) bond motifs is 3. The molecule has 0 radical (unpaired) electrons. The molecule has 0 bridgehead atoms. The number of para-hydroxylation sites is 1. The quantitative estimate of drug-likeness (QED) is 0.678. The van der Waals surface area contributed by atoms with Gasteiger partial charge in [-0.25, -0.2) is 0 Å². The third-order valence-electron chi connectivity index (χ3n) is 4.76. The van der Waals surface area contributed by atoms with Crippen molar-refractivity contribution in [1.82, 2.24) is 9.88 Å². The highest BCUT2D eigenvalue weighted by molar-refractivity contribution is 5.85. The van der Waals surface area contributed by atoms with Crippen molar-refractivity contribution >= 4 is 12.4 Å². The average Bonchev–Trinajstić information content (AvgIpc) is 2.99. The van der Waals surface area contributed by atoms with Gasteiger partial charge in [0.25, 0.3) is 0 Å². The lowest BCUT2D eigenvalue weighted by molar-refractivity contribution is 0.600. The van der Waals surface area contributed by atoms with Crippen LogP contribution in [0.25, 0.3) is 5.69 Å². The van der Waals surface area contributed by atoms with E-state index < -0.39 is 0 Å². The van der Waals surface area contributed by atoms with Crippen LogP contribution in [0.1, 0.15) is 48.2 Å². The van der Waals surface area contributed by atoms with Gasteiger partial charge in [0.15, 0.2) is 0 Å². The molecule has 1 N–H and O–H groups in total. The van der Waals surface area contributed by atoms with Gasteiger partial charge in [0.05, 0.1) is 6.04 Å². The highest BCUT2D eigenvalue weighted by atomic mass is 35.5. The highest BCUT2D eigenvalue weighted by Gasteiger charge is 2.22. The molecule has 124 valence electrons. The van der Waals surface area contributed by atoms with E-state index in [4.69, 9.17) is 0 Å². The Kier molecular flexibility index (Phi) is 4.79. The second-order valence-electron chi connectivity index (χ2n) is 6.57. The van der Waals surface area contributed by atoms with Gasteiger partial charge in [-0.15, -0.1) is 12.4 Å². The first kappa shape index (κ1) is 16.8. The molecule has 0 spiro atoms. The molecule has 24 heavy (non-hydrogen) atoms. The van der Waals surface area contributed by atoms with E-state index in [0.29, 0.717) is 5.92 Å². The van der Waals surface area contributed by atoms with Crippen LogP contribution in [0, 0.1) is 0 Å². The van der Waals surface area contributed by atoms with Crippen molar-refractivity contribution in [3.63, 3.8) is 0 Å². The van der Waals surface area contributed by atoms with Crippen LogP contribution in [-0.4, -0.2) is 4.57 Å². The smallest absolute Gasteiger partial charge is 0.0737 e. The van der Waals surface area contributed by atoms with Gasteiger partial charge in [-0.2, -0.15) is 0 Å². The lowest BCUT2D eigenvalue weighted by Gasteiger charge is -2.19. The lowest BCUT2D eigenvalue weighted by Crippen LogP contribution is -2.21. The van der Waals surface area contributed by atoms with Crippen LogP contribution in [0.2, 0.25) is 0 Å². The van der Waals surface area contributed by atoms with Gasteiger partial charge >= 0.3 is 0 Å². The van der Waals surface area contributed by atoms with Crippen LogP contribution < -0.4 is 5.32 Å². The van der Waals surface area contributed by atoms with Crippen molar-refractivity contribution in [1.29, 1.82) is 0 Å². The number of nitrogens with one attached hydrogen (secondary N) is 1. The largest absolute Gasteiger partial charge is 0.319 e. The molecule has 1 atom stereocenters. The Labute approximate surface area is 149 Å². The summed E-state index contributed by atoms with van der Waals surface area (Å²) in [4.78, 5) is 0. The Morgan fingerprint density at radius 2 is 1.71 bits per heavy atom. The molecule has 2 nitrogen and oxygen atoms in total. The van der Waals surface area contributed by atoms with Crippen LogP contribution in [0.3, 0.4) is 0 Å². The minimum absolute atomic E-state index is 0. The van der Waals surface area contributed by atoms with Crippen molar-refractivity contribution in [2.75, 3.05) is 0 Å². The van der Waals surface area contributed by atoms with Crippen molar-refractivity contribution < 1.29 is 0 Å². The molecule has 0 amide bonds. The van der Waals surface area contributed by atoms with Gasteiger partial charge in [-0.3, -0.25) is 0 Å². The number of hydrogen-bond acceptors (Lipinski definition) is 1. The SMILES string of the molecule is CC(C)c1ccc(C2NCc3ccccc3-n3cccc32)cc1.Cl. The molecule has 1 aliphatic heterocycles. The van der Waals surface area contributed by atoms with Crippen molar-refractivity contribution in [3.8, 4) is 5.69 Å². The second-order valence-corrected chi connectivity index (χ2v) is 6.57. The predicted octanol–water partition coefficient (Wildman–Crippen LogP) is 5.22. The minimum atomic E-state index is 0. The lowest BCUT2D eigenvalue weighted by atomic mass is 9.98. The van der Waals surface area contributed by atoms with E-state index in [1.165, 1.54) is 28.1 Å². The third kappa shape index (κ3) is 2.88. The Bertz CT molecular complexity index is 818. The number of benzene rings is 2. The fourth-order valence-electron chi connectivity index (χ4n) is 3.42. The summed E-state index contributed by atoms with van der Waals surface area (Å²) < 4.78 is 2.32. The molecule has 4 rings (SSSR count). The summed E-state index contributed by atoms with van der Waals surface area (Å²) in [6.07, 6.45) is 2.16. The van der Waals surface area contributed by atoms with Gasteiger partial charge < -0.3 is 9.88 Å². The molecule has 0 saturated carbocycles. The molecule has 1 unspecified atom stereocenters. The monoisotopic (exact) mass is 338 g/mol. The molecule has 3 aromatic rings. The zero-order valence-electron chi connectivity index (χ0n) is 14.1. The van der Waals surface area contributed by atoms with Crippen LogP contribution >= 0.6 is 12.4 Å². The highest BCUT2D eigenvalue weighted by Crippen LogP contribution is 2.30. The number of rotatable bonds is 2. The fraction of sp³-hybridized carbons (Fsp3) is 0.238. The maximum absolute atomic E-state index is 3.72. The van der Waals surface area contributed by atoms with E-state index in [9.17, 15) is 0 Å². The fourth-order valence-corrected chi connectivity index (χ4v) is 3.42. The van der Waals surface area contributed by atoms with Crippen molar-refractivity contribution in [2.24, 2.45) is 0 Å². The summed E-state index contributed by atoms with van der Waals surface area (Å²) in [5.41, 5.74) is 6.63. The molecule has 1 aromatic heterocycles. The van der Waals surface area contributed by atoms with Crippen LogP contribution in [-0.2, 0) is 6.54 Å². The van der Waals surface area contributed by atoms with Crippen LogP contribution in [0.4, 0.5) is 0 Å². The molecule has 0 fully saturated rings. The number of halogens is 1. The van der Waals surface area contributed by atoms with Crippen molar-refractivity contribution in [2.45, 2.75) is 32.4 Å². The zero-order valence-corrected chi connectivity index (χ0v) is 14.9. The van der Waals surface area contributed by atoms with Gasteiger partial charge in [0.2, 0.25) is 0 Å². The minimum Gasteiger partial charge on any atom is -0.319 e. The van der Waals surface area contributed by atoms with Gasteiger partial charge in [-0.05, 0) is 40.8 Å².